The number of hydrogen-bond donors (Lipinski definition) is 0. The predicted octanol–water partition coefficient (Wildman–Crippen LogP) is 8.81. The summed E-state index contributed by atoms with van der Waals surface area (Å²) < 4.78 is 27.1. The minimum atomic E-state index is -0.788. The van der Waals surface area contributed by atoms with E-state index in [2.05, 4.69) is 32.9 Å². The van der Waals surface area contributed by atoms with E-state index in [0.717, 1.165) is 52.3 Å². The van der Waals surface area contributed by atoms with E-state index >= 15 is 0 Å². The summed E-state index contributed by atoms with van der Waals surface area (Å²) >= 11 is 0. The summed E-state index contributed by atoms with van der Waals surface area (Å²) in [6.45, 7) is 6.60. The van der Waals surface area contributed by atoms with Crippen LogP contribution in [0.25, 0.3) is 11.1 Å². The summed E-state index contributed by atoms with van der Waals surface area (Å²) in [6, 6.07) is 8.75. The fourth-order valence-electron chi connectivity index (χ4n) is 6.32. The van der Waals surface area contributed by atoms with Gasteiger partial charge in [-0.2, -0.15) is 0 Å². The fraction of sp³-hybridized carbons (Fsp3) is 0.586. The molecule has 168 valence electrons. The number of aryl methyl sites for hydroxylation is 2. The van der Waals surface area contributed by atoms with Crippen molar-refractivity contribution in [3.8, 4) is 11.1 Å². The summed E-state index contributed by atoms with van der Waals surface area (Å²) in [5, 5.41) is 0. The minimum Gasteiger partial charge on any atom is -0.204 e. The van der Waals surface area contributed by atoms with Gasteiger partial charge in [-0.25, -0.2) is 8.78 Å². The van der Waals surface area contributed by atoms with Crippen LogP contribution in [0, 0.1) is 49.2 Å². The fourth-order valence-corrected chi connectivity index (χ4v) is 6.32. The predicted molar refractivity (Wildman–Crippen MR) is 126 cm³/mol. The van der Waals surface area contributed by atoms with Crippen LogP contribution in [0.15, 0.2) is 30.3 Å². The molecule has 0 amide bonds. The number of hydrogen-bond acceptors (Lipinski definition) is 0. The van der Waals surface area contributed by atoms with Crippen molar-refractivity contribution in [2.24, 2.45) is 23.7 Å². The van der Waals surface area contributed by atoms with Crippen molar-refractivity contribution in [1.29, 1.82) is 0 Å². The molecule has 0 nitrogen and oxygen atoms in total. The lowest BCUT2D eigenvalue weighted by Crippen LogP contribution is -2.21. The first-order chi connectivity index (χ1) is 14.9. The molecule has 2 saturated carbocycles. The third-order valence-electron chi connectivity index (χ3n) is 8.09. The molecule has 2 aromatic carbocycles. The first kappa shape index (κ1) is 22.5. The molecule has 0 radical (unpaired) electrons. The van der Waals surface area contributed by atoms with Crippen LogP contribution in [0.4, 0.5) is 8.78 Å². The Morgan fingerprint density at radius 3 is 1.84 bits per heavy atom. The highest BCUT2D eigenvalue weighted by atomic mass is 19.2. The van der Waals surface area contributed by atoms with E-state index in [-0.39, 0.29) is 0 Å². The minimum absolute atomic E-state index is 0.762. The maximum atomic E-state index is 13.7. The zero-order chi connectivity index (χ0) is 22.0. The van der Waals surface area contributed by atoms with E-state index in [1.165, 1.54) is 75.5 Å². The smallest absolute Gasteiger partial charge is 0.159 e. The van der Waals surface area contributed by atoms with Crippen molar-refractivity contribution >= 4 is 0 Å². The van der Waals surface area contributed by atoms with Crippen LogP contribution in [0.5, 0.6) is 0 Å². The van der Waals surface area contributed by atoms with Gasteiger partial charge in [0.05, 0.1) is 0 Å². The molecule has 0 bridgehead atoms. The van der Waals surface area contributed by atoms with E-state index in [1.54, 1.807) is 6.07 Å². The number of benzene rings is 2. The Morgan fingerprint density at radius 2 is 1.26 bits per heavy atom. The highest BCUT2D eigenvalue weighted by molar-refractivity contribution is 5.71. The van der Waals surface area contributed by atoms with Crippen molar-refractivity contribution in [3.05, 3.63) is 58.7 Å². The van der Waals surface area contributed by atoms with Crippen LogP contribution in [-0.4, -0.2) is 0 Å². The lowest BCUT2D eigenvalue weighted by Gasteiger charge is -2.33. The van der Waals surface area contributed by atoms with Gasteiger partial charge in [-0.1, -0.05) is 63.6 Å². The molecule has 0 aromatic heterocycles. The molecule has 2 aliphatic carbocycles. The van der Waals surface area contributed by atoms with Gasteiger partial charge in [0.25, 0.3) is 0 Å². The normalized spacial score (nSPS) is 26.7. The maximum Gasteiger partial charge on any atom is 0.159 e. The largest absolute Gasteiger partial charge is 0.204 e. The van der Waals surface area contributed by atoms with Gasteiger partial charge >= 0.3 is 0 Å². The van der Waals surface area contributed by atoms with Gasteiger partial charge in [0.1, 0.15) is 0 Å². The van der Waals surface area contributed by atoms with Gasteiger partial charge in [0, 0.05) is 0 Å². The van der Waals surface area contributed by atoms with Gasteiger partial charge in [-0.05, 0) is 103 Å². The molecular formula is C29H38F2. The molecule has 2 heteroatoms. The third-order valence-corrected chi connectivity index (χ3v) is 8.09. The Kier molecular flexibility index (Phi) is 7.14. The maximum absolute atomic E-state index is 13.7. The van der Waals surface area contributed by atoms with Crippen LogP contribution in [-0.2, 0) is 6.42 Å². The summed E-state index contributed by atoms with van der Waals surface area (Å²) in [6.07, 6.45) is 14.0. The third kappa shape index (κ3) is 5.57. The molecule has 0 N–H and O–H groups in total. The second-order valence-electron chi connectivity index (χ2n) is 10.7. The number of halogens is 2. The van der Waals surface area contributed by atoms with Crippen LogP contribution < -0.4 is 0 Å². The molecule has 0 aliphatic heterocycles. The van der Waals surface area contributed by atoms with E-state index in [0.29, 0.717) is 0 Å². The van der Waals surface area contributed by atoms with Crippen molar-refractivity contribution in [1.82, 2.24) is 0 Å². The molecule has 0 unspecified atom stereocenters. The van der Waals surface area contributed by atoms with E-state index in [4.69, 9.17) is 0 Å². The lowest BCUT2D eigenvalue weighted by molar-refractivity contribution is 0.195. The summed E-state index contributed by atoms with van der Waals surface area (Å²) in [5.74, 6) is 2.12. The molecule has 0 spiro atoms. The van der Waals surface area contributed by atoms with Crippen LogP contribution >= 0.6 is 0 Å². The average Bonchev–Trinajstić information content (AvgIpc) is 2.73. The van der Waals surface area contributed by atoms with Gasteiger partial charge in [-0.15, -0.1) is 0 Å². The highest BCUT2D eigenvalue weighted by Crippen LogP contribution is 2.39. The first-order valence-corrected chi connectivity index (χ1v) is 12.4. The second-order valence-corrected chi connectivity index (χ2v) is 10.7. The Labute approximate surface area is 187 Å². The van der Waals surface area contributed by atoms with Gasteiger partial charge in [0.15, 0.2) is 11.6 Å². The highest BCUT2D eigenvalue weighted by Gasteiger charge is 2.26. The average molecular weight is 425 g/mol. The van der Waals surface area contributed by atoms with Crippen molar-refractivity contribution < 1.29 is 8.78 Å². The Balaban J connectivity index is 1.34. The van der Waals surface area contributed by atoms with Crippen molar-refractivity contribution in [2.45, 2.75) is 85.0 Å². The van der Waals surface area contributed by atoms with Crippen LogP contribution in [0.1, 0.15) is 81.4 Å². The molecule has 0 atom stereocenters. The molecule has 4 rings (SSSR count). The first-order valence-electron chi connectivity index (χ1n) is 12.4. The quantitative estimate of drug-likeness (QED) is 0.450. The summed E-state index contributed by atoms with van der Waals surface area (Å²) in [4.78, 5) is 0. The van der Waals surface area contributed by atoms with Crippen LogP contribution in [0.3, 0.4) is 0 Å². The molecule has 31 heavy (non-hydrogen) atoms. The van der Waals surface area contributed by atoms with Crippen molar-refractivity contribution in [2.75, 3.05) is 0 Å². The molecule has 2 aromatic rings. The van der Waals surface area contributed by atoms with Gasteiger partial charge < -0.3 is 0 Å². The zero-order valence-corrected chi connectivity index (χ0v) is 19.5. The molecular weight excluding hydrogens is 386 g/mol. The SMILES string of the molecule is Cc1cc(CC2CCC(CC3CCC(C)CC3)CC2)cc(C)c1-c1ccc(F)c(F)c1. The topological polar surface area (TPSA) is 0 Å². The van der Waals surface area contributed by atoms with Crippen molar-refractivity contribution in [3.63, 3.8) is 0 Å². The van der Waals surface area contributed by atoms with E-state index in [1.807, 2.05) is 0 Å². The van der Waals surface area contributed by atoms with Crippen LogP contribution in [0.2, 0.25) is 0 Å². The standard InChI is InChI=1S/C29H38F2/c1-19-4-6-22(7-5-19)16-23-8-10-24(11-9-23)17-25-14-20(2)29(21(3)15-25)26-12-13-27(30)28(31)18-26/h12-15,18-19,22-24H,4-11,16-17H2,1-3H3. The zero-order valence-electron chi connectivity index (χ0n) is 19.5. The van der Waals surface area contributed by atoms with E-state index in [9.17, 15) is 8.78 Å². The monoisotopic (exact) mass is 424 g/mol. The molecule has 2 fully saturated rings. The summed E-state index contributed by atoms with van der Waals surface area (Å²) in [5.41, 5.74) is 5.50. The van der Waals surface area contributed by atoms with Gasteiger partial charge in [0.2, 0.25) is 0 Å². The Bertz CT molecular complexity index is 861. The Morgan fingerprint density at radius 1 is 0.710 bits per heavy atom. The number of rotatable bonds is 5. The van der Waals surface area contributed by atoms with Gasteiger partial charge in [-0.3, -0.25) is 0 Å². The molecule has 2 aliphatic rings. The summed E-state index contributed by atoms with van der Waals surface area (Å²) in [7, 11) is 0. The molecule has 0 saturated heterocycles. The Hall–Kier alpha value is -1.70. The molecule has 0 heterocycles. The van der Waals surface area contributed by atoms with E-state index < -0.39 is 11.6 Å². The lowest BCUT2D eigenvalue weighted by atomic mass is 9.72. The second kappa shape index (κ2) is 9.84.